The Morgan fingerprint density at radius 1 is 1.26 bits per heavy atom. The Morgan fingerprint density at radius 2 is 2.06 bits per heavy atom. The van der Waals surface area contributed by atoms with Gasteiger partial charge in [-0.05, 0) is 87.0 Å². The molecule has 4 rings (SSSR count). The van der Waals surface area contributed by atoms with E-state index in [0.29, 0.717) is 23.9 Å². The number of amides is 2. The van der Waals surface area contributed by atoms with Gasteiger partial charge in [0, 0.05) is 22.0 Å². The van der Waals surface area contributed by atoms with E-state index in [9.17, 15) is 9.59 Å². The number of ether oxygens (including phenoxy) is 1. The van der Waals surface area contributed by atoms with E-state index in [4.69, 9.17) is 20.8 Å². The predicted molar refractivity (Wildman–Crippen MR) is 134 cm³/mol. The zero-order chi connectivity index (χ0) is 24.5. The molecule has 6 nitrogen and oxygen atoms in total. The number of hydrogen-bond donors (Lipinski definition) is 0. The van der Waals surface area contributed by atoms with Crippen LogP contribution in [-0.4, -0.2) is 46.8 Å². The van der Waals surface area contributed by atoms with Crippen LogP contribution < -0.4 is 4.74 Å². The molecule has 8 heteroatoms. The maximum atomic E-state index is 13.6. The van der Waals surface area contributed by atoms with E-state index >= 15 is 0 Å². The number of hydrogen-bond acceptors (Lipinski definition) is 5. The molecule has 180 valence electrons. The van der Waals surface area contributed by atoms with Gasteiger partial charge in [-0.2, -0.15) is 0 Å². The number of fused-ring (bicyclic) bond motifs is 1. The van der Waals surface area contributed by atoms with Gasteiger partial charge in [0.15, 0.2) is 5.76 Å². The van der Waals surface area contributed by atoms with Crippen LogP contribution in [-0.2, 0) is 11.2 Å². The minimum absolute atomic E-state index is 0.0426. The van der Waals surface area contributed by atoms with Crippen LogP contribution in [0.5, 0.6) is 5.75 Å². The third kappa shape index (κ3) is 5.15. The molecule has 0 unspecified atom stereocenters. The lowest BCUT2D eigenvalue weighted by Crippen LogP contribution is -2.53. The van der Waals surface area contributed by atoms with E-state index in [1.807, 2.05) is 50.8 Å². The van der Waals surface area contributed by atoms with Crippen LogP contribution in [0.25, 0.3) is 0 Å². The molecule has 3 heterocycles. The van der Waals surface area contributed by atoms with Crippen molar-refractivity contribution < 1.29 is 18.7 Å². The number of rotatable bonds is 6. The minimum atomic E-state index is -0.560. The molecule has 0 aliphatic carbocycles. The molecule has 1 aromatic carbocycles. The van der Waals surface area contributed by atoms with E-state index in [1.54, 1.807) is 28.4 Å². The summed E-state index contributed by atoms with van der Waals surface area (Å²) in [6.45, 7) is 8.53. The van der Waals surface area contributed by atoms with Gasteiger partial charge in [0.2, 0.25) is 5.91 Å². The van der Waals surface area contributed by atoms with Crippen molar-refractivity contribution >= 4 is 34.8 Å². The molecule has 3 aromatic rings. The highest BCUT2D eigenvalue weighted by Crippen LogP contribution is 2.34. The zero-order valence-electron chi connectivity index (χ0n) is 19.8. The lowest BCUT2D eigenvalue weighted by molar-refractivity contribution is -0.136. The first-order chi connectivity index (χ1) is 16.1. The Morgan fingerprint density at radius 3 is 2.74 bits per heavy atom. The van der Waals surface area contributed by atoms with Crippen molar-refractivity contribution in [1.82, 2.24) is 9.80 Å². The summed E-state index contributed by atoms with van der Waals surface area (Å²) >= 11 is 7.85. The summed E-state index contributed by atoms with van der Waals surface area (Å²) in [7, 11) is 0. The summed E-state index contributed by atoms with van der Waals surface area (Å²) in [6.07, 6.45) is 2.25. The summed E-state index contributed by atoms with van der Waals surface area (Å²) in [5, 5.41) is 2.74. The molecule has 34 heavy (non-hydrogen) atoms. The number of aryl methyl sites for hydroxylation is 1. The molecule has 0 fully saturated rings. The summed E-state index contributed by atoms with van der Waals surface area (Å²) in [6, 6.07) is 10.7. The number of nitrogens with zero attached hydrogens (tertiary/aromatic N) is 2. The second kappa shape index (κ2) is 9.84. The maximum absolute atomic E-state index is 13.6. The van der Waals surface area contributed by atoms with Crippen molar-refractivity contribution in [3.63, 3.8) is 0 Å². The highest BCUT2D eigenvalue weighted by molar-refractivity contribution is 7.10. The molecule has 0 N–H and O–H groups in total. The van der Waals surface area contributed by atoms with Gasteiger partial charge in [-0.1, -0.05) is 11.6 Å². The summed E-state index contributed by atoms with van der Waals surface area (Å²) in [4.78, 5) is 31.4. The van der Waals surface area contributed by atoms with Gasteiger partial charge in [-0.3, -0.25) is 9.59 Å². The fourth-order valence-corrected chi connectivity index (χ4v) is 5.18. The third-order valence-electron chi connectivity index (χ3n) is 6.03. The highest BCUT2D eigenvalue weighted by atomic mass is 35.5. The van der Waals surface area contributed by atoms with Crippen LogP contribution >= 0.6 is 22.9 Å². The fraction of sp³-hybridized carbons (Fsp3) is 0.385. The molecule has 0 spiro atoms. The molecule has 0 radical (unpaired) electrons. The van der Waals surface area contributed by atoms with Gasteiger partial charge in [0.05, 0.1) is 12.3 Å². The molecule has 2 aromatic heterocycles. The molecule has 2 amide bonds. The van der Waals surface area contributed by atoms with E-state index in [1.165, 1.54) is 11.1 Å². The molecule has 1 atom stereocenters. The molecule has 1 aliphatic heterocycles. The zero-order valence-corrected chi connectivity index (χ0v) is 21.4. The summed E-state index contributed by atoms with van der Waals surface area (Å²) in [5.41, 5.74) is 1.48. The van der Waals surface area contributed by atoms with Gasteiger partial charge in [0.1, 0.15) is 18.9 Å². The Hall–Kier alpha value is -2.77. The van der Waals surface area contributed by atoms with E-state index in [0.717, 1.165) is 17.5 Å². The van der Waals surface area contributed by atoms with Gasteiger partial charge in [-0.25, -0.2) is 0 Å². The number of carbonyl (C=O) groups is 2. The first kappa shape index (κ1) is 24.4. The lowest BCUT2D eigenvalue weighted by atomic mass is 9.99. The average Bonchev–Trinajstić information content (AvgIpc) is 3.48. The van der Waals surface area contributed by atoms with Crippen molar-refractivity contribution in [2.24, 2.45) is 0 Å². The maximum Gasteiger partial charge on any atom is 0.290 e. The average molecular weight is 501 g/mol. The Kier molecular flexibility index (Phi) is 7.05. The number of benzene rings is 1. The van der Waals surface area contributed by atoms with Crippen molar-refractivity contribution in [3.05, 3.63) is 74.8 Å². The second-order valence-corrected chi connectivity index (χ2v) is 10.8. The Balaban J connectivity index is 1.55. The van der Waals surface area contributed by atoms with Gasteiger partial charge < -0.3 is 19.0 Å². The van der Waals surface area contributed by atoms with E-state index < -0.39 is 5.54 Å². The smallest absolute Gasteiger partial charge is 0.290 e. The first-order valence-corrected chi connectivity index (χ1v) is 12.5. The Bertz CT molecular complexity index is 1170. The molecule has 0 saturated heterocycles. The normalized spacial score (nSPS) is 15.7. The summed E-state index contributed by atoms with van der Waals surface area (Å²) < 4.78 is 11.4. The quantitative estimate of drug-likeness (QED) is 0.432. The standard InChI is InChI=1S/C26H29ClN2O4S/c1-17-14-18(7-8-20(17)27)33-16-21-19-10-13-34-23(19)9-11-28(21)24(30)15-29(26(2,3)4)25(31)22-6-5-12-32-22/h5-8,10,12-14,21H,9,11,15-16H2,1-4H3/t21-/m0/s1. The lowest BCUT2D eigenvalue weighted by Gasteiger charge is -2.40. The first-order valence-electron chi connectivity index (χ1n) is 11.3. The number of thiophene rings is 1. The monoisotopic (exact) mass is 500 g/mol. The van der Waals surface area contributed by atoms with Crippen LogP contribution in [0.3, 0.4) is 0 Å². The van der Waals surface area contributed by atoms with Gasteiger partial charge >= 0.3 is 0 Å². The van der Waals surface area contributed by atoms with E-state index in [-0.39, 0.29) is 30.2 Å². The molecular formula is C26H29ClN2O4S. The number of furan rings is 1. The topological polar surface area (TPSA) is 63.0 Å². The van der Waals surface area contributed by atoms with Crippen molar-refractivity contribution in [2.75, 3.05) is 19.7 Å². The van der Waals surface area contributed by atoms with Gasteiger partial charge in [0.25, 0.3) is 5.91 Å². The van der Waals surface area contributed by atoms with Crippen LogP contribution in [0.1, 0.15) is 53.4 Å². The van der Waals surface area contributed by atoms with Crippen LogP contribution in [0.2, 0.25) is 5.02 Å². The Labute approximate surface area is 209 Å². The van der Waals surface area contributed by atoms with Crippen LogP contribution in [0, 0.1) is 6.92 Å². The molecule has 0 saturated carbocycles. The van der Waals surface area contributed by atoms with Crippen molar-refractivity contribution in [1.29, 1.82) is 0 Å². The van der Waals surface area contributed by atoms with E-state index in [2.05, 4.69) is 11.4 Å². The largest absolute Gasteiger partial charge is 0.491 e. The SMILES string of the molecule is Cc1cc(OC[C@H]2c3ccsc3CCN2C(=O)CN(C(=O)c2ccco2)C(C)(C)C)ccc1Cl. The third-order valence-corrected chi connectivity index (χ3v) is 7.45. The van der Waals surface area contributed by atoms with Crippen LogP contribution in [0.4, 0.5) is 0 Å². The minimum Gasteiger partial charge on any atom is -0.491 e. The molecular weight excluding hydrogens is 472 g/mol. The van der Waals surface area contributed by atoms with Gasteiger partial charge in [-0.15, -0.1) is 11.3 Å². The molecule has 1 aliphatic rings. The summed E-state index contributed by atoms with van der Waals surface area (Å²) in [5.74, 6) is 0.511. The second-order valence-electron chi connectivity index (χ2n) is 9.41. The van der Waals surface area contributed by atoms with Crippen molar-refractivity contribution in [2.45, 2.75) is 45.7 Å². The number of carbonyl (C=O) groups excluding carboxylic acids is 2. The van der Waals surface area contributed by atoms with Crippen molar-refractivity contribution in [3.8, 4) is 5.75 Å². The predicted octanol–water partition coefficient (Wildman–Crippen LogP) is 5.75. The highest BCUT2D eigenvalue weighted by Gasteiger charge is 2.36. The fourth-order valence-electron chi connectivity index (χ4n) is 4.13. The number of halogens is 1. The molecule has 0 bridgehead atoms. The van der Waals surface area contributed by atoms with Crippen LogP contribution in [0.15, 0.2) is 52.5 Å².